The topological polar surface area (TPSA) is 113 Å². The number of nitrogens with zero attached hydrogens (tertiary/aromatic N) is 3. The molecule has 0 saturated heterocycles. The van der Waals surface area contributed by atoms with Gasteiger partial charge in [-0.25, -0.2) is 5.01 Å². The molecule has 0 unspecified atom stereocenters. The van der Waals surface area contributed by atoms with Crippen molar-refractivity contribution >= 4 is 17.3 Å². The lowest BCUT2D eigenvalue weighted by Gasteiger charge is -2.11. The number of nitroso groups, excluding NO2 is 1. The first-order valence-electron chi connectivity index (χ1n) is 4.11. The van der Waals surface area contributed by atoms with Crippen molar-refractivity contribution in [1.29, 1.82) is 0 Å². The van der Waals surface area contributed by atoms with Gasteiger partial charge in [-0.3, -0.25) is 14.9 Å². The molecule has 8 heteroatoms. The van der Waals surface area contributed by atoms with Gasteiger partial charge in [0, 0.05) is 12.1 Å². The fourth-order valence-corrected chi connectivity index (χ4v) is 1.04. The highest BCUT2D eigenvalue weighted by Crippen LogP contribution is 2.19. The summed E-state index contributed by atoms with van der Waals surface area (Å²) in [7, 11) is 0. The third kappa shape index (κ3) is 2.74. The predicted molar refractivity (Wildman–Crippen MR) is 53.9 cm³/mol. The minimum Gasteiger partial charge on any atom is -0.480 e. The first-order valence-corrected chi connectivity index (χ1v) is 4.11. The third-order valence-electron chi connectivity index (χ3n) is 1.74. The number of anilines is 1. The highest BCUT2D eigenvalue weighted by atomic mass is 16.6. The number of rotatable bonds is 5. The van der Waals surface area contributed by atoms with Gasteiger partial charge in [0.05, 0.1) is 15.9 Å². The lowest BCUT2D eigenvalue weighted by molar-refractivity contribution is -0.384. The smallest absolute Gasteiger partial charge is 0.325 e. The highest BCUT2D eigenvalue weighted by Gasteiger charge is 2.12. The minimum atomic E-state index is -1.22. The van der Waals surface area contributed by atoms with Crippen LogP contribution >= 0.6 is 0 Å². The molecule has 8 nitrogen and oxygen atoms in total. The van der Waals surface area contributed by atoms with Crippen molar-refractivity contribution in [3.8, 4) is 0 Å². The molecule has 0 spiro atoms. The first kappa shape index (κ1) is 11.6. The van der Waals surface area contributed by atoms with E-state index in [-0.39, 0.29) is 11.4 Å². The van der Waals surface area contributed by atoms with E-state index in [0.29, 0.717) is 5.01 Å². The fraction of sp³-hybridized carbons (Fsp3) is 0.125. The summed E-state index contributed by atoms with van der Waals surface area (Å²) in [5.74, 6) is -1.22. The molecule has 1 aromatic rings. The zero-order valence-corrected chi connectivity index (χ0v) is 7.94. The summed E-state index contributed by atoms with van der Waals surface area (Å²) < 4.78 is 0. The van der Waals surface area contributed by atoms with Gasteiger partial charge in [0.15, 0.2) is 0 Å². The molecule has 0 radical (unpaired) electrons. The van der Waals surface area contributed by atoms with Crippen molar-refractivity contribution in [2.45, 2.75) is 0 Å². The van der Waals surface area contributed by atoms with E-state index in [4.69, 9.17) is 5.11 Å². The van der Waals surface area contributed by atoms with Crippen LogP contribution in [0.2, 0.25) is 0 Å². The Morgan fingerprint density at radius 3 is 2.38 bits per heavy atom. The zero-order chi connectivity index (χ0) is 12.1. The van der Waals surface area contributed by atoms with E-state index in [1.807, 2.05) is 0 Å². The normalized spacial score (nSPS) is 9.50. The minimum absolute atomic E-state index is 0.148. The van der Waals surface area contributed by atoms with Crippen molar-refractivity contribution in [3.05, 3.63) is 39.3 Å². The molecule has 0 saturated carbocycles. The molecule has 0 bridgehead atoms. The summed E-state index contributed by atoms with van der Waals surface area (Å²) >= 11 is 0. The summed E-state index contributed by atoms with van der Waals surface area (Å²) in [4.78, 5) is 30.5. The van der Waals surface area contributed by atoms with Crippen molar-refractivity contribution in [2.75, 3.05) is 11.6 Å². The molecular weight excluding hydrogens is 218 g/mol. The van der Waals surface area contributed by atoms with Gasteiger partial charge in [0.2, 0.25) is 0 Å². The van der Waals surface area contributed by atoms with E-state index in [2.05, 4.69) is 5.29 Å². The van der Waals surface area contributed by atoms with Crippen LogP contribution in [0.1, 0.15) is 0 Å². The number of nitro groups is 1. The van der Waals surface area contributed by atoms with Crippen LogP contribution in [-0.4, -0.2) is 22.5 Å². The van der Waals surface area contributed by atoms with Gasteiger partial charge < -0.3 is 5.11 Å². The van der Waals surface area contributed by atoms with E-state index in [1.54, 1.807) is 0 Å². The second kappa shape index (κ2) is 4.82. The standard InChI is InChI=1S/C8H7N3O5/c12-8(13)5-10(9-14)6-1-3-7(4-2-6)11(15)16/h1-4H,5H2,(H,12,13). The van der Waals surface area contributed by atoms with Crippen molar-refractivity contribution in [2.24, 2.45) is 5.29 Å². The Labute approximate surface area is 89.2 Å². The van der Waals surface area contributed by atoms with E-state index in [0.717, 1.165) is 12.1 Å². The van der Waals surface area contributed by atoms with Gasteiger partial charge >= 0.3 is 5.97 Å². The summed E-state index contributed by atoms with van der Waals surface area (Å²) in [5, 5.41) is 22.0. The number of nitro benzene ring substituents is 1. The second-order valence-corrected chi connectivity index (χ2v) is 2.81. The first-order chi connectivity index (χ1) is 7.54. The Hall–Kier alpha value is -2.51. The summed E-state index contributed by atoms with van der Waals surface area (Å²) in [6.45, 7) is -0.596. The predicted octanol–water partition coefficient (Wildman–Crippen LogP) is 1.17. The molecule has 0 aliphatic carbocycles. The van der Waals surface area contributed by atoms with Crippen molar-refractivity contribution < 1.29 is 14.8 Å². The van der Waals surface area contributed by atoms with E-state index in [1.165, 1.54) is 12.1 Å². The maximum atomic E-state index is 10.4. The van der Waals surface area contributed by atoms with Crippen LogP contribution in [0.15, 0.2) is 29.6 Å². The molecule has 0 amide bonds. The molecular formula is C8H7N3O5. The lowest BCUT2D eigenvalue weighted by atomic mass is 10.3. The number of non-ortho nitro benzene ring substituents is 1. The molecule has 0 atom stereocenters. The van der Waals surface area contributed by atoms with E-state index >= 15 is 0 Å². The maximum Gasteiger partial charge on any atom is 0.325 e. The van der Waals surface area contributed by atoms with Crippen LogP contribution in [-0.2, 0) is 4.79 Å². The van der Waals surface area contributed by atoms with Gasteiger partial charge in [-0.2, -0.15) is 0 Å². The number of aliphatic carboxylic acids is 1. The Bertz CT molecular complexity index is 416. The van der Waals surface area contributed by atoms with E-state index in [9.17, 15) is 19.8 Å². The van der Waals surface area contributed by atoms with Crippen LogP contribution in [0.4, 0.5) is 11.4 Å². The quantitative estimate of drug-likeness (QED) is 0.457. The molecule has 1 rings (SSSR count). The third-order valence-corrected chi connectivity index (χ3v) is 1.74. The number of carboxylic acid groups (broad SMARTS) is 1. The number of hydrogen-bond donors (Lipinski definition) is 1. The molecule has 0 aliphatic heterocycles. The largest absolute Gasteiger partial charge is 0.480 e. The SMILES string of the molecule is O=NN(CC(=O)O)c1ccc([N+](=O)[O-])cc1. The van der Waals surface area contributed by atoms with Gasteiger partial charge in [0.1, 0.15) is 6.54 Å². The van der Waals surface area contributed by atoms with Gasteiger partial charge in [0.25, 0.3) is 5.69 Å². The number of hydrogen-bond acceptors (Lipinski definition) is 5. The summed E-state index contributed by atoms with van der Waals surface area (Å²) in [6, 6.07) is 4.83. The Balaban J connectivity index is 2.90. The van der Waals surface area contributed by atoms with Gasteiger partial charge in [-0.05, 0) is 12.1 Å². The van der Waals surface area contributed by atoms with Crippen molar-refractivity contribution in [3.63, 3.8) is 0 Å². The molecule has 1 aromatic carbocycles. The average molecular weight is 225 g/mol. The Morgan fingerprint density at radius 2 is 2.00 bits per heavy atom. The van der Waals surface area contributed by atoms with Gasteiger partial charge in [-0.15, -0.1) is 4.91 Å². The number of carboxylic acids is 1. The summed E-state index contributed by atoms with van der Waals surface area (Å²) in [5.41, 5.74) is 0.0351. The maximum absolute atomic E-state index is 10.4. The van der Waals surface area contributed by atoms with Crippen LogP contribution < -0.4 is 5.01 Å². The van der Waals surface area contributed by atoms with Crippen LogP contribution in [0.3, 0.4) is 0 Å². The lowest BCUT2D eigenvalue weighted by Crippen LogP contribution is -2.23. The van der Waals surface area contributed by atoms with Crippen molar-refractivity contribution in [1.82, 2.24) is 0 Å². The summed E-state index contributed by atoms with van der Waals surface area (Å²) in [6.07, 6.45) is 0. The molecule has 16 heavy (non-hydrogen) atoms. The van der Waals surface area contributed by atoms with E-state index < -0.39 is 17.4 Å². The number of benzene rings is 1. The molecule has 1 N–H and O–H groups in total. The Morgan fingerprint density at radius 1 is 1.44 bits per heavy atom. The second-order valence-electron chi connectivity index (χ2n) is 2.81. The molecule has 84 valence electrons. The van der Waals surface area contributed by atoms with Crippen LogP contribution in [0.5, 0.6) is 0 Å². The monoisotopic (exact) mass is 225 g/mol. The zero-order valence-electron chi connectivity index (χ0n) is 7.94. The molecule has 0 fully saturated rings. The highest BCUT2D eigenvalue weighted by molar-refractivity contribution is 5.73. The average Bonchev–Trinajstić information content (AvgIpc) is 2.25. The number of carbonyl (C=O) groups is 1. The molecule has 0 aromatic heterocycles. The van der Waals surface area contributed by atoms with Crippen LogP contribution in [0.25, 0.3) is 0 Å². The molecule has 0 aliphatic rings. The van der Waals surface area contributed by atoms with Gasteiger partial charge in [-0.1, -0.05) is 0 Å². The Kier molecular flexibility index (Phi) is 3.49. The fourth-order valence-electron chi connectivity index (χ4n) is 1.04. The van der Waals surface area contributed by atoms with Crippen LogP contribution in [0, 0.1) is 15.0 Å². The molecule has 0 heterocycles.